The van der Waals surface area contributed by atoms with Gasteiger partial charge in [0, 0.05) is 19.4 Å². The van der Waals surface area contributed by atoms with Crippen LogP contribution >= 0.6 is 7.82 Å². The first-order valence-electron chi connectivity index (χ1n) is 28.0. The number of aliphatic hydroxyl groups excluding tert-OH is 1. The van der Waals surface area contributed by atoms with Gasteiger partial charge in [0.05, 0.1) is 13.2 Å². The normalized spacial score (nSPS) is 13.0. The highest BCUT2D eigenvalue weighted by atomic mass is 31.2. The van der Waals surface area contributed by atoms with Gasteiger partial charge in [-0.25, -0.2) is 4.57 Å². The van der Waals surface area contributed by atoms with E-state index in [0.717, 1.165) is 38.5 Å². The van der Waals surface area contributed by atoms with Crippen molar-refractivity contribution in [3.63, 3.8) is 0 Å². The van der Waals surface area contributed by atoms with E-state index in [4.69, 9.17) is 13.8 Å². The second-order valence-corrected chi connectivity index (χ2v) is 20.7. The highest BCUT2D eigenvalue weighted by molar-refractivity contribution is 7.47. The molecule has 0 bridgehead atoms. The molecule has 2 unspecified atom stereocenters. The fourth-order valence-electron chi connectivity index (χ4n) is 8.56. The zero-order valence-electron chi connectivity index (χ0n) is 42.5. The van der Waals surface area contributed by atoms with Crippen LogP contribution in [-0.4, -0.2) is 54.3 Å². The summed E-state index contributed by atoms with van der Waals surface area (Å²) in [6, 6.07) is 0. The third-order valence-corrected chi connectivity index (χ3v) is 13.8. The summed E-state index contributed by atoms with van der Waals surface area (Å²) in [4.78, 5) is 34.1. The fourth-order valence-corrected chi connectivity index (χ4v) is 9.32. The van der Waals surface area contributed by atoms with E-state index < -0.39 is 26.5 Å². The van der Waals surface area contributed by atoms with Crippen molar-refractivity contribution in [2.24, 2.45) is 0 Å². The summed E-state index contributed by atoms with van der Waals surface area (Å²) in [5, 5.41) is 12.8. The van der Waals surface area contributed by atoms with Gasteiger partial charge in [0.15, 0.2) is 0 Å². The molecule has 0 fully saturated rings. The van der Waals surface area contributed by atoms with Crippen LogP contribution in [-0.2, 0) is 27.9 Å². The highest BCUT2D eigenvalue weighted by Gasteiger charge is 2.23. The van der Waals surface area contributed by atoms with Crippen molar-refractivity contribution < 1.29 is 37.9 Å². The molecule has 0 heterocycles. The number of aliphatic hydroxyl groups is 1. The summed E-state index contributed by atoms with van der Waals surface area (Å²) in [5.74, 6) is -0.495. The number of carbonyl (C=O) groups is 2. The largest absolute Gasteiger partial charge is 0.472 e. The van der Waals surface area contributed by atoms with Crippen LogP contribution in [0.15, 0.2) is 0 Å². The lowest BCUT2D eigenvalue weighted by atomic mass is 10.0. The third kappa shape index (κ3) is 52.0. The number of nitrogens with one attached hydrogen (secondary N) is 1. The van der Waals surface area contributed by atoms with E-state index in [1.165, 1.54) is 238 Å². The van der Waals surface area contributed by atoms with E-state index in [1.807, 2.05) is 0 Å². The lowest BCUT2D eigenvalue weighted by Gasteiger charge is -2.15. The van der Waals surface area contributed by atoms with Gasteiger partial charge < -0.3 is 20.1 Å². The van der Waals surface area contributed by atoms with Crippen LogP contribution in [0.3, 0.4) is 0 Å². The second kappa shape index (κ2) is 51.4. The quantitative estimate of drug-likeness (QED) is 0.0312. The molecule has 2 atom stereocenters. The molecule has 0 aliphatic carbocycles. The van der Waals surface area contributed by atoms with Crippen molar-refractivity contribution in [3.8, 4) is 0 Å². The fraction of sp³-hybridized carbons (Fsp3) is 0.963. The summed E-state index contributed by atoms with van der Waals surface area (Å²) in [6.45, 7) is 3.64. The maximum absolute atomic E-state index is 12.2. The van der Waals surface area contributed by atoms with Crippen molar-refractivity contribution in [1.82, 2.24) is 5.32 Å². The Labute approximate surface area is 396 Å². The number of hydrogen-bond acceptors (Lipinski definition) is 7. The lowest BCUT2D eigenvalue weighted by molar-refractivity contribution is -0.147. The van der Waals surface area contributed by atoms with Gasteiger partial charge in [-0.15, -0.1) is 0 Å². The summed E-state index contributed by atoms with van der Waals surface area (Å²) in [5.41, 5.74) is 0. The van der Waals surface area contributed by atoms with Crippen LogP contribution in [0.1, 0.15) is 303 Å². The topological polar surface area (TPSA) is 131 Å². The summed E-state index contributed by atoms with van der Waals surface area (Å²) < 4.78 is 27.1. The Kier molecular flexibility index (Phi) is 50.6. The monoisotopic (exact) mass is 930 g/mol. The van der Waals surface area contributed by atoms with Crippen molar-refractivity contribution in [2.75, 3.05) is 26.4 Å². The molecule has 10 heteroatoms. The lowest BCUT2D eigenvalue weighted by Crippen LogP contribution is -2.27. The summed E-state index contributed by atoms with van der Waals surface area (Å²) >= 11 is 0. The number of ether oxygens (including phenoxy) is 1. The molecular formula is C54H108NO8P. The first kappa shape index (κ1) is 63.0. The molecule has 9 nitrogen and oxygen atoms in total. The molecular weight excluding hydrogens is 822 g/mol. The van der Waals surface area contributed by atoms with Crippen LogP contribution in [0, 0.1) is 0 Å². The Morgan fingerprint density at radius 2 is 0.703 bits per heavy atom. The number of hydrogen-bond donors (Lipinski definition) is 3. The van der Waals surface area contributed by atoms with Crippen LogP contribution in [0.2, 0.25) is 0 Å². The summed E-state index contributed by atoms with van der Waals surface area (Å²) in [6.07, 6.45) is 56.3. The molecule has 0 aromatic heterocycles. The maximum Gasteiger partial charge on any atom is 0.472 e. The third-order valence-electron chi connectivity index (χ3n) is 12.8. The van der Waals surface area contributed by atoms with Crippen molar-refractivity contribution in [2.45, 2.75) is 309 Å². The molecule has 3 N–H and O–H groups in total. The Morgan fingerprint density at radius 1 is 0.422 bits per heavy atom. The Bertz CT molecular complexity index is 1020. The first-order chi connectivity index (χ1) is 31.3. The van der Waals surface area contributed by atoms with Gasteiger partial charge in [-0.1, -0.05) is 277 Å². The van der Waals surface area contributed by atoms with Crippen LogP contribution in [0.4, 0.5) is 0 Å². The van der Waals surface area contributed by atoms with Gasteiger partial charge in [0.1, 0.15) is 12.7 Å². The molecule has 382 valence electrons. The second-order valence-electron chi connectivity index (χ2n) is 19.3. The number of amides is 1. The minimum Gasteiger partial charge on any atom is -0.463 e. The number of carbonyl (C=O) groups excluding carboxylic acids is 2. The van der Waals surface area contributed by atoms with E-state index in [-0.39, 0.29) is 25.7 Å². The van der Waals surface area contributed by atoms with Gasteiger partial charge in [-0.3, -0.25) is 18.6 Å². The van der Waals surface area contributed by atoms with Crippen molar-refractivity contribution >= 4 is 19.7 Å². The van der Waals surface area contributed by atoms with Crippen LogP contribution in [0.5, 0.6) is 0 Å². The van der Waals surface area contributed by atoms with Crippen molar-refractivity contribution in [1.29, 1.82) is 0 Å². The minimum atomic E-state index is -4.42. The molecule has 1 amide bonds. The van der Waals surface area contributed by atoms with Crippen molar-refractivity contribution in [3.05, 3.63) is 0 Å². The molecule has 0 saturated carbocycles. The van der Waals surface area contributed by atoms with Gasteiger partial charge in [-0.05, 0) is 12.8 Å². The molecule has 0 rings (SSSR count). The smallest absolute Gasteiger partial charge is 0.463 e. The maximum atomic E-state index is 12.2. The Morgan fingerprint density at radius 3 is 1.02 bits per heavy atom. The zero-order valence-corrected chi connectivity index (χ0v) is 43.4. The molecule has 0 aromatic carbocycles. The van der Waals surface area contributed by atoms with Crippen LogP contribution in [0.25, 0.3) is 0 Å². The van der Waals surface area contributed by atoms with Gasteiger partial charge in [-0.2, -0.15) is 0 Å². The van der Waals surface area contributed by atoms with Gasteiger partial charge in [0.2, 0.25) is 5.91 Å². The Hall–Kier alpha value is -0.990. The molecule has 0 saturated heterocycles. The average molecular weight is 930 g/mol. The predicted octanol–water partition coefficient (Wildman–Crippen LogP) is 16.7. The van der Waals surface area contributed by atoms with E-state index in [2.05, 4.69) is 19.2 Å². The van der Waals surface area contributed by atoms with E-state index in [0.29, 0.717) is 12.8 Å². The predicted molar refractivity (Wildman–Crippen MR) is 271 cm³/mol. The molecule has 0 spiro atoms. The van der Waals surface area contributed by atoms with Gasteiger partial charge in [0.25, 0.3) is 0 Å². The number of unbranched alkanes of at least 4 members (excludes halogenated alkanes) is 41. The van der Waals surface area contributed by atoms with Gasteiger partial charge >= 0.3 is 13.8 Å². The standard InChI is InChI=1S/C54H108NO8P/c1-3-5-7-9-11-13-15-17-19-21-23-25-27-29-31-33-35-37-39-41-43-45-47-54(58)61-50-52(56)51-63-64(59,60)62-49-48-55-53(57)46-44-42-40-38-36-34-32-30-28-26-24-22-20-18-16-14-12-10-8-6-4-2/h52,56H,3-51H2,1-2H3,(H,55,57)(H,59,60). The highest BCUT2D eigenvalue weighted by Crippen LogP contribution is 2.42. The minimum absolute atomic E-state index is 0.0890. The summed E-state index contributed by atoms with van der Waals surface area (Å²) in [7, 11) is -4.42. The van der Waals surface area contributed by atoms with E-state index >= 15 is 0 Å². The zero-order chi connectivity index (χ0) is 46.7. The molecule has 0 radical (unpaired) electrons. The molecule has 0 aliphatic rings. The number of phosphoric ester groups is 1. The molecule has 0 aliphatic heterocycles. The molecule has 64 heavy (non-hydrogen) atoms. The SMILES string of the molecule is CCCCCCCCCCCCCCCCCCCCCCCCC(=O)OCC(O)COP(=O)(O)OCCNC(=O)CCCCCCCCCCCCCCCCCCCCCCC. The van der Waals surface area contributed by atoms with E-state index in [9.17, 15) is 24.2 Å². The van der Waals surface area contributed by atoms with Crippen LogP contribution < -0.4 is 5.32 Å². The number of rotatable bonds is 54. The number of esters is 1. The van der Waals surface area contributed by atoms with E-state index in [1.54, 1.807) is 0 Å². The first-order valence-corrected chi connectivity index (χ1v) is 29.5. The Balaban J connectivity index is 3.48. The average Bonchev–Trinajstić information content (AvgIpc) is 3.28. The number of phosphoric acid groups is 1. The molecule has 0 aromatic rings.